The molecule has 0 atom stereocenters. The Hall–Kier alpha value is -1.03. The van der Waals surface area contributed by atoms with E-state index in [0.717, 1.165) is 27.8 Å². The minimum absolute atomic E-state index is 0.289. The van der Waals surface area contributed by atoms with Gasteiger partial charge in [0.25, 0.3) is 0 Å². The van der Waals surface area contributed by atoms with Crippen molar-refractivity contribution in [1.29, 1.82) is 0 Å². The number of carboxylic acids is 1. The average Bonchev–Trinajstić information content (AvgIpc) is 2.26. The molecule has 0 amide bonds. The van der Waals surface area contributed by atoms with E-state index >= 15 is 0 Å². The second kappa shape index (κ2) is 5.16. The van der Waals surface area contributed by atoms with Crippen LogP contribution in [0.1, 0.15) is 50.2 Å². The fourth-order valence-electron chi connectivity index (χ4n) is 2.76. The SMILES string of the molecule is COc1c(C(C)C)cc(Br)cc1C1(C(=O)O)CCC1. The van der Waals surface area contributed by atoms with Crippen LogP contribution in [0.25, 0.3) is 0 Å². The third-order valence-electron chi connectivity index (χ3n) is 4.04. The molecule has 4 heteroatoms. The van der Waals surface area contributed by atoms with Crippen LogP contribution in [0.15, 0.2) is 16.6 Å². The van der Waals surface area contributed by atoms with E-state index < -0.39 is 11.4 Å². The number of benzene rings is 1. The summed E-state index contributed by atoms with van der Waals surface area (Å²) in [5, 5.41) is 9.61. The van der Waals surface area contributed by atoms with Crippen LogP contribution in [-0.2, 0) is 10.2 Å². The van der Waals surface area contributed by atoms with Crippen molar-refractivity contribution >= 4 is 21.9 Å². The molecule has 0 unspecified atom stereocenters. The topological polar surface area (TPSA) is 46.5 Å². The van der Waals surface area contributed by atoms with E-state index in [1.807, 2.05) is 12.1 Å². The van der Waals surface area contributed by atoms with Gasteiger partial charge in [-0.25, -0.2) is 0 Å². The molecule has 0 aromatic heterocycles. The predicted octanol–water partition coefficient (Wildman–Crippen LogP) is 4.09. The third kappa shape index (κ3) is 2.27. The average molecular weight is 327 g/mol. The smallest absolute Gasteiger partial charge is 0.314 e. The van der Waals surface area contributed by atoms with Crippen LogP contribution in [0.5, 0.6) is 5.75 Å². The molecule has 0 aliphatic heterocycles. The van der Waals surface area contributed by atoms with Gasteiger partial charge in [-0.3, -0.25) is 4.79 Å². The van der Waals surface area contributed by atoms with Crippen molar-refractivity contribution in [2.45, 2.75) is 44.4 Å². The van der Waals surface area contributed by atoms with Crippen LogP contribution in [0.4, 0.5) is 0 Å². The Kier molecular flexibility index (Phi) is 3.90. The normalized spacial score (nSPS) is 17.1. The summed E-state index contributed by atoms with van der Waals surface area (Å²) in [7, 11) is 1.62. The molecule has 1 aromatic carbocycles. The van der Waals surface area contributed by atoms with Gasteiger partial charge in [0.1, 0.15) is 5.75 Å². The fourth-order valence-corrected chi connectivity index (χ4v) is 3.23. The Morgan fingerprint density at radius 2 is 2.05 bits per heavy atom. The summed E-state index contributed by atoms with van der Waals surface area (Å²) >= 11 is 3.49. The highest BCUT2D eigenvalue weighted by Crippen LogP contribution is 2.50. The zero-order chi connectivity index (χ0) is 14.2. The lowest BCUT2D eigenvalue weighted by Gasteiger charge is -2.39. The van der Waals surface area contributed by atoms with Gasteiger partial charge in [0.15, 0.2) is 0 Å². The lowest BCUT2D eigenvalue weighted by molar-refractivity contribution is -0.147. The Labute approximate surface area is 122 Å². The first-order valence-corrected chi connectivity index (χ1v) is 7.33. The molecule has 1 aromatic rings. The number of rotatable bonds is 4. The van der Waals surface area contributed by atoms with Crippen molar-refractivity contribution in [3.63, 3.8) is 0 Å². The van der Waals surface area contributed by atoms with Crippen molar-refractivity contribution in [3.05, 3.63) is 27.7 Å². The number of hydrogen-bond donors (Lipinski definition) is 1. The van der Waals surface area contributed by atoms with Crippen LogP contribution < -0.4 is 4.74 Å². The maximum absolute atomic E-state index is 11.7. The van der Waals surface area contributed by atoms with Gasteiger partial charge < -0.3 is 9.84 Å². The van der Waals surface area contributed by atoms with Crippen LogP contribution in [0.2, 0.25) is 0 Å². The van der Waals surface area contributed by atoms with E-state index in [9.17, 15) is 9.90 Å². The number of aliphatic carboxylic acids is 1. The van der Waals surface area contributed by atoms with Crippen LogP contribution in [0.3, 0.4) is 0 Å². The molecule has 0 heterocycles. The zero-order valence-electron chi connectivity index (χ0n) is 11.5. The molecule has 0 saturated heterocycles. The van der Waals surface area contributed by atoms with Gasteiger partial charge in [-0.15, -0.1) is 0 Å². The van der Waals surface area contributed by atoms with Gasteiger partial charge in [0.2, 0.25) is 0 Å². The number of carbonyl (C=O) groups is 1. The van der Waals surface area contributed by atoms with E-state index in [2.05, 4.69) is 29.8 Å². The van der Waals surface area contributed by atoms with E-state index in [4.69, 9.17) is 4.74 Å². The molecular weight excluding hydrogens is 308 g/mol. The second-order valence-electron chi connectivity index (χ2n) is 5.47. The second-order valence-corrected chi connectivity index (χ2v) is 6.39. The number of methoxy groups -OCH3 is 1. The number of carboxylic acid groups (broad SMARTS) is 1. The van der Waals surface area contributed by atoms with Gasteiger partial charge in [-0.1, -0.05) is 36.2 Å². The maximum atomic E-state index is 11.7. The number of halogens is 1. The highest BCUT2D eigenvalue weighted by molar-refractivity contribution is 9.10. The first-order valence-electron chi connectivity index (χ1n) is 6.53. The highest BCUT2D eigenvalue weighted by Gasteiger charge is 2.48. The Bertz CT molecular complexity index is 504. The highest BCUT2D eigenvalue weighted by atomic mass is 79.9. The van der Waals surface area contributed by atoms with Crippen molar-refractivity contribution in [2.24, 2.45) is 0 Å². The molecule has 0 spiro atoms. The summed E-state index contributed by atoms with van der Waals surface area (Å²) in [6.07, 6.45) is 2.33. The minimum atomic E-state index is -0.765. The van der Waals surface area contributed by atoms with Crippen LogP contribution in [-0.4, -0.2) is 18.2 Å². The molecule has 1 fully saturated rings. The first-order chi connectivity index (χ1) is 8.92. The summed E-state index contributed by atoms with van der Waals surface area (Å²) < 4.78 is 6.46. The molecule has 2 rings (SSSR count). The third-order valence-corrected chi connectivity index (χ3v) is 4.50. The zero-order valence-corrected chi connectivity index (χ0v) is 13.1. The lowest BCUT2D eigenvalue weighted by atomic mass is 9.64. The van der Waals surface area contributed by atoms with E-state index in [0.29, 0.717) is 12.8 Å². The van der Waals surface area contributed by atoms with Crippen molar-refractivity contribution < 1.29 is 14.6 Å². The summed E-state index contributed by atoms with van der Waals surface area (Å²) in [6, 6.07) is 3.92. The molecule has 1 aliphatic rings. The quantitative estimate of drug-likeness (QED) is 0.906. The van der Waals surface area contributed by atoms with E-state index in [1.165, 1.54) is 0 Å². The predicted molar refractivity (Wildman–Crippen MR) is 77.9 cm³/mol. The molecule has 1 aliphatic carbocycles. The van der Waals surface area contributed by atoms with Gasteiger partial charge in [0, 0.05) is 10.0 Å². The van der Waals surface area contributed by atoms with Crippen molar-refractivity contribution in [1.82, 2.24) is 0 Å². The summed E-state index contributed by atoms with van der Waals surface area (Å²) in [5.41, 5.74) is 1.10. The molecule has 0 bridgehead atoms. The Morgan fingerprint density at radius 1 is 1.42 bits per heavy atom. The standard InChI is InChI=1S/C15H19BrO3/c1-9(2)11-7-10(16)8-12(13(11)19-3)15(14(17)18)5-4-6-15/h7-9H,4-6H2,1-3H3,(H,17,18). The fraction of sp³-hybridized carbons (Fsp3) is 0.533. The summed E-state index contributed by atoms with van der Waals surface area (Å²) in [6.45, 7) is 4.17. The van der Waals surface area contributed by atoms with Crippen molar-refractivity contribution in [3.8, 4) is 5.75 Å². The van der Waals surface area contributed by atoms with Gasteiger partial charge in [-0.05, 0) is 36.5 Å². The van der Waals surface area contributed by atoms with Gasteiger partial charge >= 0.3 is 5.97 Å². The maximum Gasteiger partial charge on any atom is 0.314 e. The number of hydrogen-bond acceptors (Lipinski definition) is 2. The molecule has 1 saturated carbocycles. The van der Waals surface area contributed by atoms with Crippen molar-refractivity contribution in [2.75, 3.05) is 7.11 Å². The van der Waals surface area contributed by atoms with Crippen LogP contribution in [0, 0.1) is 0 Å². The van der Waals surface area contributed by atoms with Gasteiger partial charge in [0.05, 0.1) is 12.5 Å². The molecule has 19 heavy (non-hydrogen) atoms. The molecule has 1 N–H and O–H groups in total. The molecule has 0 radical (unpaired) electrons. The lowest BCUT2D eigenvalue weighted by Crippen LogP contribution is -2.42. The van der Waals surface area contributed by atoms with Crippen LogP contribution >= 0.6 is 15.9 Å². The first kappa shape index (κ1) is 14.4. The minimum Gasteiger partial charge on any atom is -0.496 e. The largest absolute Gasteiger partial charge is 0.496 e. The molecule has 104 valence electrons. The monoisotopic (exact) mass is 326 g/mol. The summed E-state index contributed by atoms with van der Waals surface area (Å²) in [5.74, 6) is 0.280. The number of ether oxygens (including phenoxy) is 1. The van der Waals surface area contributed by atoms with E-state index in [-0.39, 0.29) is 5.92 Å². The Balaban J connectivity index is 2.65. The van der Waals surface area contributed by atoms with E-state index in [1.54, 1.807) is 7.11 Å². The molecule has 3 nitrogen and oxygen atoms in total. The molecular formula is C15H19BrO3. The summed E-state index contributed by atoms with van der Waals surface area (Å²) in [4.78, 5) is 11.7. The van der Waals surface area contributed by atoms with Gasteiger partial charge in [-0.2, -0.15) is 0 Å². The Morgan fingerprint density at radius 3 is 2.42 bits per heavy atom.